The summed E-state index contributed by atoms with van der Waals surface area (Å²) in [6, 6.07) is 4.09. The Morgan fingerprint density at radius 3 is 2.89 bits per heavy atom. The van der Waals surface area contributed by atoms with Crippen LogP contribution in [0.15, 0.2) is 22.9 Å². The molecule has 5 heteroatoms. The summed E-state index contributed by atoms with van der Waals surface area (Å²) in [6.45, 7) is 1.01. The smallest absolute Gasteiger partial charge is 0.230 e. The zero-order chi connectivity index (χ0) is 12.7. The van der Waals surface area contributed by atoms with Crippen molar-refractivity contribution < 1.29 is 9.26 Å². The second-order valence-corrected chi connectivity index (χ2v) is 4.42. The monoisotopic (exact) mass is 245 g/mol. The molecule has 18 heavy (non-hydrogen) atoms. The molecule has 1 aliphatic heterocycles. The normalized spacial score (nSPS) is 13.8. The van der Waals surface area contributed by atoms with Gasteiger partial charge in [0.1, 0.15) is 5.75 Å². The number of rotatable bonds is 2. The summed E-state index contributed by atoms with van der Waals surface area (Å²) in [5, 5.41) is 3.72. The van der Waals surface area contributed by atoms with E-state index in [4.69, 9.17) is 15.0 Å². The second-order valence-electron chi connectivity index (χ2n) is 4.42. The van der Waals surface area contributed by atoms with Gasteiger partial charge in [-0.05, 0) is 18.6 Å². The van der Waals surface area contributed by atoms with Gasteiger partial charge < -0.3 is 19.9 Å². The minimum absolute atomic E-state index is 0.319. The molecule has 0 saturated carbocycles. The lowest BCUT2D eigenvalue weighted by molar-refractivity contribution is 0.412. The predicted octanol–water partition coefficient (Wildman–Crippen LogP) is 1.92. The Morgan fingerprint density at radius 1 is 1.39 bits per heavy atom. The largest absolute Gasteiger partial charge is 0.496 e. The van der Waals surface area contributed by atoms with Crippen LogP contribution in [0.25, 0.3) is 11.1 Å². The molecule has 0 unspecified atom stereocenters. The summed E-state index contributed by atoms with van der Waals surface area (Å²) in [5.74, 6) is 1.19. The summed E-state index contributed by atoms with van der Waals surface area (Å²) in [5.41, 5.74) is 9.92. The molecule has 1 aromatic carbocycles. The standard InChI is InChI=1S/C13H15N3O2/c1-16-6-5-9-11(16)4-3-8(12(9)17-2)10-7-15-18-13(10)14/h3-4,7H,5-6,14H2,1-2H3. The molecule has 1 aliphatic rings. The van der Waals surface area contributed by atoms with Gasteiger partial charge in [0.25, 0.3) is 0 Å². The van der Waals surface area contributed by atoms with Crippen molar-refractivity contribution in [3.05, 3.63) is 23.9 Å². The van der Waals surface area contributed by atoms with Gasteiger partial charge >= 0.3 is 0 Å². The highest BCUT2D eigenvalue weighted by Crippen LogP contribution is 2.42. The molecule has 1 aromatic heterocycles. The van der Waals surface area contributed by atoms with Crippen LogP contribution in [0.4, 0.5) is 11.6 Å². The fourth-order valence-corrected chi connectivity index (χ4v) is 2.51. The van der Waals surface area contributed by atoms with Crippen molar-refractivity contribution in [1.29, 1.82) is 0 Å². The average Bonchev–Trinajstić information content (AvgIpc) is 2.95. The lowest BCUT2D eigenvalue weighted by Crippen LogP contribution is -2.12. The molecule has 0 fully saturated rings. The molecule has 2 aromatic rings. The highest BCUT2D eigenvalue weighted by atomic mass is 16.5. The van der Waals surface area contributed by atoms with Crippen LogP contribution in [0, 0.1) is 0 Å². The second kappa shape index (κ2) is 3.94. The van der Waals surface area contributed by atoms with Crippen molar-refractivity contribution in [2.45, 2.75) is 6.42 Å². The summed E-state index contributed by atoms with van der Waals surface area (Å²) >= 11 is 0. The number of anilines is 2. The zero-order valence-corrected chi connectivity index (χ0v) is 10.4. The van der Waals surface area contributed by atoms with Crippen molar-refractivity contribution in [2.24, 2.45) is 0 Å². The van der Waals surface area contributed by atoms with Gasteiger partial charge in [-0.1, -0.05) is 5.16 Å². The van der Waals surface area contributed by atoms with Gasteiger partial charge in [-0.25, -0.2) is 0 Å². The predicted molar refractivity (Wildman–Crippen MR) is 69.9 cm³/mol. The number of likely N-dealkylation sites (N-methyl/N-ethyl adjacent to an activating group) is 1. The minimum Gasteiger partial charge on any atom is -0.496 e. The van der Waals surface area contributed by atoms with Crippen molar-refractivity contribution in [3.8, 4) is 16.9 Å². The van der Waals surface area contributed by atoms with Gasteiger partial charge in [-0.2, -0.15) is 0 Å². The zero-order valence-electron chi connectivity index (χ0n) is 10.4. The van der Waals surface area contributed by atoms with Gasteiger partial charge in [0.05, 0.1) is 18.9 Å². The third-order valence-electron chi connectivity index (χ3n) is 3.44. The van der Waals surface area contributed by atoms with E-state index in [1.807, 2.05) is 6.07 Å². The van der Waals surface area contributed by atoms with Crippen LogP contribution in [0.3, 0.4) is 0 Å². The molecule has 0 aliphatic carbocycles. The van der Waals surface area contributed by atoms with Crippen LogP contribution in [-0.2, 0) is 6.42 Å². The number of nitrogen functional groups attached to an aromatic ring is 1. The van der Waals surface area contributed by atoms with Crippen LogP contribution in [0.2, 0.25) is 0 Å². The molecule has 94 valence electrons. The van der Waals surface area contributed by atoms with Gasteiger partial charge in [-0.3, -0.25) is 0 Å². The number of nitrogens with zero attached hydrogens (tertiary/aromatic N) is 2. The number of fused-ring (bicyclic) bond motifs is 1. The average molecular weight is 245 g/mol. The lowest BCUT2D eigenvalue weighted by atomic mass is 10.0. The number of hydrogen-bond donors (Lipinski definition) is 1. The highest BCUT2D eigenvalue weighted by molar-refractivity contribution is 5.82. The van der Waals surface area contributed by atoms with Crippen molar-refractivity contribution in [1.82, 2.24) is 5.16 Å². The number of methoxy groups -OCH3 is 1. The molecule has 3 rings (SSSR count). The fraction of sp³-hybridized carbons (Fsp3) is 0.308. The molecule has 2 heterocycles. The van der Waals surface area contributed by atoms with E-state index in [0.29, 0.717) is 5.88 Å². The first-order valence-electron chi connectivity index (χ1n) is 5.84. The lowest BCUT2D eigenvalue weighted by Gasteiger charge is -2.15. The number of nitrogens with two attached hydrogens (primary N) is 1. The first-order valence-corrected chi connectivity index (χ1v) is 5.84. The molecule has 0 spiro atoms. The molecular formula is C13H15N3O2. The maximum Gasteiger partial charge on any atom is 0.230 e. The van der Waals surface area contributed by atoms with E-state index in [1.165, 1.54) is 11.3 Å². The number of ether oxygens (including phenoxy) is 1. The van der Waals surface area contributed by atoms with Crippen LogP contribution < -0.4 is 15.4 Å². The molecule has 0 bridgehead atoms. The quantitative estimate of drug-likeness (QED) is 0.875. The molecule has 0 radical (unpaired) electrons. The summed E-state index contributed by atoms with van der Waals surface area (Å²) in [6.07, 6.45) is 2.60. The first-order chi connectivity index (χ1) is 8.72. The third kappa shape index (κ3) is 1.44. The van der Waals surface area contributed by atoms with Gasteiger partial charge in [0.2, 0.25) is 5.88 Å². The summed E-state index contributed by atoms with van der Waals surface area (Å²) in [7, 11) is 3.76. The highest BCUT2D eigenvalue weighted by Gasteiger charge is 2.24. The molecular weight excluding hydrogens is 230 g/mol. The van der Waals surface area contributed by atoms with Crippen LogP contribution in [0.5, 0.6) is 5.75 Å². The topological polar surface area (TPSA) is 64.5 Å². The number of benzene rings is 1. The Balaban J connectivity index is 2.21. The van der Waals surface area contributed by atoms with Crippen LogP contribution in [-0.4, -0.2) is 25.9 Å². The molecule has 2 N–H and O–H groups in total. The minimum atomic E-state index is 0.319. The maximum atomic E-state index is 5.77. The van der Waals surface area contributed by atoms with E-state index in [9.17, 15) is 0 Å². The first kappa shape index (κ1) is 11.0. The van der Waals surface area contributed by atoms with E-state index < -0.39 is 0 Å². The van der Waals surface area contributed by atoms with Crippen molar-refractivity contribution in [3.63, 3.8) is 0 Å². The fourth-order valence-electron chi connectivity index (χ4n) is 2.51. The SMILES string of the molecule is COc1c(-c2cnoc2N)ccc2c1CCN2C. The van der Waals surface area contributed by atoms with E-state index in [-0.39, 0.29) is 0 Å². The Kier molecular flexibility index (Phi) is 2.40. The molecule has 0 saturated heterocycles. The Morgan fingerprint density at radius 2 is 2.22 bits per heavy atom. The maximum absolute atomic E-state index is 5.77. The van der Waals surface area contributed by atoms with Gasteiger partial charge in [0, 0.05) is 30.4 Å². The van der Waals surface area contributed by atoms with E-state index in [1.54, 1.807) is 13.3 Å². The van der Waals surface area contributed by atoms with E-state index >= 15 is 0 Å². The Bertz CT molecular complexity index is 592. The summed E-state index contributed by atoms with van der Waals surface area (Å²) in [4.78, 5) is 2.22. The molecule has 5 nitrogen and oxygen atoms in total. The molecule has 0 amide bonds. The number of aromatic nitrogens is 1. The van der Waals surface area contributed by atoms with E-state index in [0.717, 1.165) is 29.8 Å². The van der Waals surface area contributed by atoms with Gasteiger partial charge in [0.15, 0.2) is 0 Å². The van der Waals surface area contributed by atoms with Crippen LogP contribution >= 0.6 is 0 Å². The van der Waals surface area contributed by atoms with Crippen molar-refractivity contribution in [2.75, 3.05) is 31.3 Å². The van der Waals surface area contributed by atoms with Crippen molar-refractivity contribution >= 4 is 11.6 Å². The number of hydrogen-bond acceptors (Lipinski definition) is 5. The Hall–Kier alpha value is -2.17. The third-order valence-corrected chi connectivity index (χ3v) is 3.44. The Labute approximate surface area is 105 Å². The van der Waals surface area contributed by atoms with Crippen LogP contribution in [0.1, 0.15) is 5.56 Å². The van der Waals surface area contributed by atoms with Gasteiger partial charge in [-0.15, -0.1) is 0 Å². The summed E-state index contributed by atoms with van der Waals surface area (Å²) < 4.78 is 10.5. The van der Waals surface area contributed by atoms with E-state index in [2.05, 4.69) is 23.2 Å². The molecule has 0 atom stereocenters.